The Hall–Kier alpha value is -1.60. The summed E-state index contributed by atoms with van der Waals surface area (Å²) in [5.74, 6) is 1.16. The van der Waals surface area contributed by atoms with Gasteiger partial charge in [-0.2, -0.15) is 0 Å². The molecule has 116 valence electrons. The number of amides is 1. The largest absolute Gasteiger partial charge is 0.323 e. The number of anilines is 1. The summed E-state index contributed by atoms with van der Waals surface area (Å²) in [6, 6.07) is 3.45. The van der Waals surface area contributed by atoms with Crippen LogP contribution in [0, 0.1) is 0 Å². The molecule has 6 nitrogen and oxygen atoms in total. The average molecular weight is 338 g/mol. The quantitative estimate of drug-likeness (QED) is 0.686. The van der Waals surface area contributed by atoms with E-state index >= 15 is 0 Å². The summed E-state index contributed by atoms with van der Waals surface area (Å²) in [4.78, 5) is 15.9. The summed E-state index contributed by atoms with van der Waals surface area (Å²) in [6.45, 7) is 0.931. The third-order valence-corrected chi connectivity index (χ3v) is 4.71. The third kappa shape index (κ3) is 3.59. The molecule has 1 aliphatic heterocycles. The van der Waals surface area contributed by atoms with Crippen molar-refractivity contribution in [3.8, 4) is 0 Å². The summed E-state index contributed by atoms with van der Waals surface area (Å²) in [5.41, 5.74) is 0.523. The van der Waals surface area contributed by atoms with Crippen molar-refractivity contribution in [3.63, 3.8) is 0 Å². The van der Waals surface area contributed by atoms with Crippen LogP contribution >= 0.6 is 23.4 Å². The average Bonchev–Trinajstić information content (AvgIpc) is 2.75. The standard InChI is InChI=1S/C14H16ClN5OS/c15-13-10(5-4-7-16-13)17-12(21)9-22-14-19-18-11-6-2-1-3-8-20(11)14/h4-5,7H,1-3,6,8-9H2,(H,17,21). The highest BCUT2D eigenvalue weighted by Gasteiger charge is 2.16. The van der Waals surface area contributed by atoms with Crippen LogP contribution in [-0.4, -0.2) is 31.4 Å². The Morgan fingerprint density at radius 2 is 2.27 bits per heavy atom. The van der Waals surface area contributed by atoms with Crippen molar-refractivity contribution in [2.75, 3.05) is 11.1 Å². The number of aryl methyl sites for hydroxylation is 1. The van der Waals surface area contributed by atoms with E-state index in [1.165, 1.54) is 18.2 Å². The van der Waals surface area contributed by atoms with Gasteiger partial charge in [0.05, 0.1) is 11.4 Å². The lowest BCUT2D eigenvalue weighted by Crippen LogP contribution is -2.15. The summed E-state index contributed by atoms with van der Waals surface area (Å²) < 4.78 is 2.13. The molecule has 2 aromatic rings. The number of carbonyl (C=O) groups is 1. The number of pyridine rings is 1. The number of rotatable bonds is 4. The lowest BCUT2D eigenvalue weighted by atomic mass is 10.2. The van der Waals surface area contributed by atoms with Gasteiger partial charge in [0, 0.05) is 19.2 Å². The molecule has 0 radical (unpaired) electrons. The summed E-state index contributed by atoms with van der Waals surface area (Å²) in [6.07, 6.45) is 6.05. The maximum Gasteiger partial charge on any atom is 0.234 e. The highest BCUT2D eigenvalue weighted by Crippen LogP contribution is 2.22. The Kier molecular flexibility index (Phi) is 4.94. The number of nitrogens with one attached hydrogen (secondary N) is 1. The van der Waals surface area contributed by atoms with Crippen LogP contribution < -0.4 is 5.32 Å². The van der Waals surface area contributed by atoms with E-state index in [0.717, 1.165) is 36.8 Å². The molecule has 22 heavy (non-hydrogen) atoms. The third-order valence-electron chi connectivity index (χ3n) is 3.44. The molecule has 0 saturated carbocycles. The molecule has 1 aliphatic rings. The zero-order valence-corrected chi connectivity index (χ0v) is 13.5. The molecule has 0 bridgehead atoms. The van der Waals surface area contributed by atoms with E-state index in [-0.39, 0.29) is 16.8 Å². The molecule has 0 atom stereocenters. The van der Waals surface area contributed by atoms with E-state index in [4.69, 9.17) is 11.6 Å². The van der Waals surface area contributed by atoms with Gasteiger partial charge in [-0.25, -0.2) is 4.98 Å². The maximum atomic E-state index is 12.0. The normalized spacial score (nSPS) is 14.2. The van der Waals surface area contributed by atoms with Crippen LogP contribution in [0.3, 0.4) is 0 Å². The van der Waals surface area contributed by atoms with Crippen molar-refractivity contribution in [2.24, 2.45) is 0 Å². The number of hydrogen-bond acceptors (Lipinski definition) is 5. The smallest absolute Gasteiger partial charge is 0.234 e. The molecule has 0 aromatic carbocycles. The fraction of sp³-hybridized carbons (Fsp3) is 0.429. The van der Waals surface area contributed by atoms with E-state index in [2.05, 4.69) is 25.1 Å². The number of fused-ring (bicyclic) bond motifs is 1. The summed E-state index contributed by atoms with van der Waals surface area (Å²) in [7, 11) is 0. The number of aromatic nitrogens is 4. The first-order valence-corrected chi connectivity index (χ1v) is 8.55. The van der Waals surface area contributed by atoms with Crippen molar-refractivity contribution in [1.29, 1.82) is 0 Å². The maximum absolute atomic E-state index is 12.0. The second-order valence-corrected chi connectivity index (χ2v) is 6.34. The van der Waals surface area contributed by atoms with Crippen LogP contribution in [0.15, 0.2) is 23.5 Å². The molecular weight excluding hydrogens is 322 g/mol. The molecule has 0 spiro atoms. The van der Waals surface area contributed by atoms with Gasteiger partial charge in [-0.15, -0.1) is 10.2 Å². The predicted molar refractivity (Wildman–Crippen MR) is 86.2 cm³/mol. The van der Waals surface area contributed by atoms with Crippen LogP contribution in [-0.2, 0) is 17.8 Å². The van der Waals surface area contributed by atoms with Gasteiger partial charge < -0.3 is 9.88 Å². The van der Waals surface area contributed by atoms with Crippen LogP contribution in [0.5, 0.6) is 0 Å². The lowest BCUT2D eigenvalue weighted by molar-refractivity contribution is -0.113. The van der Waals surface area contributed by atoms with Crippen molar-refractivity contribution < 1.29 is 4.79 Å². The van der Waals surface area contributed by atoms with E-state index in [9.17, 15) is 4.79 Å². The van der Waals surface area contributed by atoms with Crippen molar-refractivity contribution in [2.45, 2.75) is 37.4 Å². The molecule has 2 aromatic heterocycles. The second-order valence-electron chi connectivity index (χ2n) is 5.04. The zero-order valence-electron chi connectivity index (χ0n) is 12.0. The summed E-state index contributed by atoms with van der Waals surface area (Å²) in [5, 5.41) is 12.3. The number of nitrogens with zero attached hydrogens (tertiary/aromatic N) is 4. The predicted octanol–water partition coefficient (Wildman–Crippen LogP) is 2.78. The number of hydrogen-bond donors (Lipinski definition) is 1. The Morgan fingerprint density at radius 1 is 1.36 bits per heavy atom. The highest BCUT2D eigenvalue weighted by atomic mass is 35.5. The number of halogens is 1. The van der Waals surface area contributed by atoms with Crippen LogP contribution in [0.4, 0.5) is 5.69 Å². The van der Waals surface area contributed by atoms with Gasteiger partial charge in [-0.3, -0.25) is 4.79 Å². The fourth-order valence-electron chi connectivity index (χ4n) is 2.36. The topological polar surface area (TPSA) is 72.7 Å². The Labute approximate surface area is 137 Å². The minimum absolute atomic E-state index is 0.133. The van der Waals surface area contributed by atoms with E-state index < -0.39 is 0 Å². The van der Waals surface area contributed by atoms with Gasteiger partial charge in [0.15, 0.2) is 10.3 Å². The van der Waals surface area contributed by atoms with E-state index in [0.29, 0.717) is 5.69 Å². The second kappa shape index (κ2) is 7.11. The highest BCUT2D eigenvalue weighted by molar-refractivity contribution is 7.99. The molecule has 3 heterocycles. The zero-order chi connectivity index (χ0) is 15.4. The Bertz CT molecular complexity index is 675. The SMILES string of the molecule is O=C(CSc1nnc2n1CCCCC2)Nc1cccnc1Cl. The van der Waals surface area contributed by atoms with Crippen molar-refractivity contribution in [1.82, 2.24) is 19.7 Å². The van der Waals surface area contributed by atoms with Gasteiger partial charge in [-0.1, -0.05) is 29.8 Å². The molecule has 1 amide bonds. The van der Waals surface area contributed by atoms with Gasteiger partial charge in [0.1, 0.15) is 5.82 Å². The van der Waals surface area contributed by atoms with Gasteiger partial charge >= 0.3 is 0 Å². The number of carbonyl (C=O) groups excluding carboxylic acids is 1. The van der Waals surface area contributed by atoms with Gasteiger partial charge in [0.25, 0.3) is 0 Å². The Morgan fingerprint density at radius 3 is 3.14 bits per heavy atom. The van der Waals surface area contributed by atoms with Crippen LogP contribution in [0.1, 0.15) is 25.1 Å². The van der Waals surface area contributed by atoms with E-state index in [1.807, 2.05) is 0 Å². The minimum Gasteiger partial charge on any atom is -0.323 e. The first-order chi connectivity index (χ1) is 10.7. The Balaban J connectivity index is 1.60. The lowest BCUT2D eigenvalue weighted by Gasteiger charge is -2.07. The molecule has 1 N–H and O–H groups in total. The van der Waals surface area contributed by atoms with Gasteiger partial charge in [-0.05, 0) is 25.0 Å². The number of thioether (sulfide) groups is 1. The molecule has 0 aliphatic carbocycles. The van der Waals surface area contributed by atoms with Crippen molar-refractivity contribution >= 4 is 35.0 Å². The van der Waals surface area contributed by atoms with Crippen LogP contribution in [0.2, 0.25) is 5.15 Å². The first kappa shape index (κ1) is 15.3. The molecule has 3 rings (SSSR count). The van der Waals surface area contributed by atoms with Crippen molar-refractivity contribution in [3.05, 3.63) is 29.3 Å². The molecular formula is C14H16ClN5OS. The molecule has 0 saturated heterocycles. The van der Waals surface area contributed by atoms with Crippen LogP contribution in [0.25, 0.3) is 0 Å². The molecule has 0 fully saturated rings. The summed E-state index contributed by atoms with van der Waals surface area (Å²) >= 11 is 7.32. The molecule has 8 heteroatoms. The molecule has 0 unspecified atom stereocenters. The van der Waals surface area contributed by atoms with E-state index in [1.54, 1.807) is 18.3 Å². The minimum atomic E-state index is -0.133. The monoisotopic (exact) mass is 337 g/mol. The first-order valence-electron chi connectivity index (χ1n) is 7.19. The fourth-order valence-corrected chi connectivity index (χ4v) is 3.31. The van der Waals surface area contributed by atoms with Gasteiger partial charge in [0.2, 0.25) is 5.91 Å².